The molecule has 208 valence electrons. The van der Waals surface area contributed by atoms with Gasteiger partial charge in [0.05, 0.1) is 12.0 Å². The number of fused-ring (bicyclic) bond motifs is 1. The minimum atomic E-state index is -3.79. The van der Waals surface area contributed by atoms with Gasteiger partial charge in [-0.2, -0.15) is 0 Å². The molecule has 1 fully saturated rings. The van der Waals surface area contributed by atoms with Gasteiger partial charge in [0.2, 0.25) is 10.0 Å². The molecule has 39 heavy (non-hydrogen) atoms. The number of rotatable bonds is 10. The molecule has 0 bridgehead atoms. The lowest BCUT2D eigenvalue weighted by Gasteiger charge is -2.49. The molecule has 3 heterocycles. The molecule has 1 aromatic heterocycles. The van der Waals surface area contributed by atoms with Gasteiger partial charge in [-0.1, -0.05) is 5.16 Å². The minimum absolute atomic E-state index is 0.0450. The number of thioether (sulfide) groups is 1. The Kier molecular flexibility index (Phi) is 8.15. The van der Waals surface area contributed by atoms with E-state index in [2.05, 4.69) is 20.2 Å². The van der Waals surface area contributed by atoms with Crippen LogP contribution in [0.3, 0.4) is 0 Å². The summed E-state index contributed by atoms with van der Waals surface area (Å²) in [5, 5.41) is 17.3. The van der Waals surface area contributed by atoms with Crippen LogP contribution in [-0.2, 0) is 35.7 Å². The van der Waals surface area contributed by atoms with Gasteiger partial charge in [0.1, 0.15) is 35.7 Å². The number of aliphatic carboxylic acids is 1. The molecule has 1 saturated heterocycles. The Morgan fingerprint density at radius 2 is 2.05 bits per heavy atom. The summed E-state index contributed by atoms with van der Waals surface area (Å²) in [5.74, 6) is -2.18. The van der Waals surface area contributed by atoms with Crippen molar-refractivity contribution in [2.45, 2.75) is 22.7 Å². The van der Waals surface area contributed by atoms with Gasteiger partial charge in [-0.3, -0.25) is 14.5 Å². The highest BCUT2D eigenvalue weighted by molar-refractivity contribution is 8.00. The third-order valence-electron chi connectivity index (χ3n) is 5.87. The number of carbonyl (C=O) groups excluding carboxylic acids is 2. The van der Waals surface area contributed by atoms with Crippen molar-refractivity contribution in [3.63, 3.8) is 0 Å². The van der Waals surface area contributed by atoms with Crippen molar-refractivity contribution in [3.8, 4) is 5.75 Å². The molecule has 17 heteroatoms. The molecule has 5 N–H and O–H groups in total. The summed E-state index contributed by atoms with van der Waals surface area (Å²) in [6, 6.07) is 3.35. The Morgan fingerprint density at radius 1 is 1.31 bits per heavy atom. The van der Waals surface area contributed by atoms with E-state index < -0.39 is 39.2 Å². The van der Waals surface area contributed by atoms with Gasteiger partial charge < -0.3 is 25.7 Å². The maximum Gasteiger partial charge on any atom is 0.352 e. The van der Waals surface area contributed by atoms with E-state index >= 15 is 0 Å². The van der Waals surface area contributed by atoms with Crippen LogP contribution >= 0.6 is 23.1 Å². The van der Waals surface area contributed by atoms with E-state index in [1.54, 1.807) is 6.07 Å². The van der Waals surface area contributed by atoms with Crippen LogP contribution in [0.5, 0.6) is 5.75 Å². The lowest BCUT2D eigenvalue weighted by Crippen LogP contribution is -2.71. The minimum Gasteiger partial charge on any atom is -0.497 e. The molecule has 14 nitrogen and oxygen atoms in total. The number of carbonyl (C=O) groups is 3. The van der Waals surface area contributed by atoms with E-state index in [9.17, 15) is 27.9 Å². The fraction of sp³-hybridized carbons (Fsp3) is 0.318. The van der Waals surface area contributed by atoms with Crippen molar-refractivity contribution in [2.24, 2.45) is 5.16 Å². The lowest BCUT2D eigenvalue weighted by molar-refractivity contribution is -0.150. The number of aromatic nitrogens is 1. The molecule has 4 rings (SSSR count). The molecule has 2 aromatic rings. The van der Waals surface area contributed by atoms with Gasteiger partial charge in [-0.25, -0.2) is 22.9 Å². The van der Waals surface area contributed by atoms with Crippen molar-refractivity contribution < 1.29 is 37.5 Å². The predicted octanol–water partition coefficient (Wildman–Crippen LogP) is -0.0262. The highest BCUT2D eigenvalue weighted by atomic mass is 32.2. The molecular weight excluding hydrogens is 572 g/mol. The van der Waals surface area contributed by atoms with Crippen molar-refractivity contribution in [1.29, 1.82) is 0 Å². The topological polar surface area (TPSA) is 203 Å². The van der Waals surface area contributed by atoms with E-state index in [4.69, 9.17) is 15.3 Å². The zero-order valence-electron chi connectivity index (χ0n) is 20.8. The van der Waals surface area contributed by atoms with Crippen LogP contribution in [0.25, 0.3) is 0 Å². The van der Waals surface area contributed by atoms with Crippen molar-refractivity contribution in [3.05, 3.63) is 46.1 Å². The Balaban J connectivity index is 1.59. The van der Waals surface area contributed by atoms with Gasteiger partial charge >= 0.3 is 5.97 Å². The normalized spacial score (nSPS) is 19.3. The standard InChI is InChI=1S/C22H24N6O8S3/c1-24-39(33,34)13-6-10(5-12(7-13)35-2)4-11-8-37-20-16(19(30)28(20)17(11)21(31)32)26-18(29)15(27-36-3)14-9-38-22(23)25-14/h5-7,9,16,20,24H,4,8H2,1-3H3,(H2,23,25)(H,26,29)(H,31,32). The fourth-order valence-corrected chi connectivity index (χ4v) is 6.80. The van der Waals surface area contributed by atoms with Crippen LogP contribution in [0.15, 0.2) is 44.9 Å². The van der Waals surface area contributed by atoms with Gasteiger partial charge in [-0.15, -0.1) is 23.1 Å². The van der Waals surface area contributed by atoms with Crippen LogP contribution in [0, 0.1) is 0 Å². The number of oxime groups is 1. The van der Waals surface area contributed by atoms with E-state index in [0.717, 1.165) is 16.2 Å². The predicted molar refractivity (Wildman–Crippen MR) is 143 cm³/mol. The highest BCUT2D eigenvalue weighted by Crippen LogP contribution is 2.41. The lowest BCUT2D eigenvalue weighted by atomic mass is 9.98. The number of hydrogen-bond acceptors (Lipinski definition) is 12. The number of anilines is 1. The first-order valence-electron chi connectivity index (χ1n) is 11.2. The van der Waals surface area contributed by atoms with E-state index in [0.29, 0.717) is 11.1 Å². The van der Waals surface area contributed by atoms with Crippen LogP contribution in [0.4, 0.5) is 5.13 Å². The quantitative estimate of drug-likeness (QED) is 0.163. The summed E-state index contributed by atoms with van der Waals surface area (Å²) in [5.41, 5.74) is 6.30. The molecule has 2 unspecified atom stereocenters. The van der Waals surface area contributed by atoms with Gasteiger partial charge in [0.25, 0.3) is 11.8 Å². The second-order valence-electron chi connectivity index (χ2n) is 8.21. The fourth-order valence-electron chi connectivity index (χ4n) is 4.09. The molecule has 0 saturated carbocycles. The number of amides is 2. The Hall–Kier alpha value is -3.67. The van der Waals surface area contributed by atoms with Gasteiger partial charge in [0.15, 0.2) is 10.8 Å². The first-order valence-corrected chi connectivity index (χ1v) is 14.6. The number of ether oxygens (including phenoxy) is 1. The number of β-lactam (4-membered cyclic amide) rings is 1. The third kappa shape index (κ3) is 5.56. The highest BCUT2D eigenvalue weighted by Gasteiger charge is 2.54. The molecule has 0 aliphatic carbocycles. The number of nitrogens with one attached hydrogen (secondary N) is 2. The summed E-state index contributed by atoms with van der Waals surface area (Å²) < 4.78 is 32.2. The van der Waals surface area contributed by atoms with E-state index in [1.165, 1.54) is 50.5 Å². The summed E-state index contributed by atoms with van der Waals surface area (Å²) in [6.45, 7) is 0. The third-order valence-corrected chi connectivity index (χ3v) is 9.28. The molecule has 1 aromatic carbocycles. The van der Waals surface area contributed by atoms with Gasteiger partial charge in [-0.05, 0) is 36.7 Å². The number of sulfonamides is 1. The summed E-state index contributed by atoms with van der Waals surface area (Å²) in [4.78, 5) is 48.1. The number of nitrogens with two attached hydrogens (primary N) is 1. The number of thiazole rings is 1. The number of hydrogen-bond donors (Lipinski definition) is 4. The van der Waals surface area contributed by atoms with Crippen LogP contribution < -0.4 is 20.5 Å². The monoisotopic (exact) mass is 596 g/mol. The summed E-state index contributed by atoms with van der Waals surface area (Å²) >= 11 is 2.37. The molecule has 0 spiro atoms. The Labute approximate surface area is 231 Å². The van der Waals surface area contributed by atoms with Crippen LogP contribution in [0.1, 0.15) is 11.3 Å². The Morgan fingerprint density at radius 3 is 2.64 bits per heavy atom. The zero-order valence-corrected chi connectivity index (χ0v) is 23.3. The van der Waals surface area contributed by atoms with Crippen molar-refractivity contribution >= 4 is 61.7 Å². The molecule has 0 radical (unpaired) electrons. The second kappa shape index (κ2) is 11.2. The Bertz CT molecular complexity index is 1500. The maximum absolute atomic E-state index is 13.1. The van der Waals surface area contributed by atoms with E-state index in [1.807, 2.05) is 0 Å². The SMILES string of the molecule is CNS(=O)(=O)c1cc(CC2=C(C(=O)O)N3C(=O)C(NC(=O)C(=NOC)c4csc(N)n4)C3SC2)cc(OC)c1. The molecule has 2 aliphatic rings. The van der Waals surface area contributed by atoms with E-state index in [-0.39, 0.29) is 45.1 Å². The molecular formula is C22H24N6O8S3. The average molecular weight is 597 g/mol. The summed E-state index contributed by atoms with van der Waals surface area (Å²) in [7, 11) is 0.122. The smallest absolute Gasteiger partial charge is 0.352 e. The average Bonchev–Trinajstić information content (AvgIpc) is 3.35. The largest absolute Gasteiger partial charge is 0.497 e. The number of carboxylic acids is 1. The van der Waals surface area contributed by atoms with Crippen LogP contribution in [-0.4, -0.2) is 85.3 Å². The molecule has 2 atom stereocenters. The summed E-state index contributed by atoms with van der Waals surface area (Å²) in [6.07, 6.45) is 0.0570. The number of methoxy groups -OCH3 is 1. The second-order valence-corrected chi connectivity index (χ2v) is 12.1. The zero-order chi connectivity index (χ0) is 28.5. The van der Waals surface area contributed by atoms with Crippen LogP contribution in [0.2, 0.25) is 0 Å². The van der Waals surface area contributed by atoms with Gasteiger partial charge in [0, 0.05) is 17.2 Å². The number of nitrogen functional groups attached to an aromatic ring is 1. The molecule has 2 aliphatic heterocycles. The first-order chi connectivity index (χ1) is 18.5. The number of carboxylic acid groups (broad SMARTS) is 1. The number of nitrogens with zero attached hydrogens (tertiary/aromatic N) is 3. The van der Waals surface area contributed by atoms with Crippen molar-refractivity contribution in [1.82, 2.24) is 19.9 Å². The van der Waals surface area contributed by atoms with Crippen molar-refractivity contribution in [2.75, 3.05) is 32.8 Å². The molecule has 2 amide bonds. The first kappa shape index (κ1) is 28.3. The number of benzene rings is 1. The maximum atomic E-state index is 13.1.